The largest absolute Gasteiger partial charge is 0.467 e. The minimum atomic E-state index is -1.20. The maximum absolute atomic E-state index is 13.2. The minimum Gasteiger partial charge on any atom is -0.467 e. The third-order valence-electron chi connectivity index (χ3n) is 4.66. The van der Waals surface area contributed by atoms with Crippen molar-refractivity contribution in [3.63, 3.8) is 0 Å². The first-order valence-corrected chi connectivity index (χ1v) is 8.73. The zero-order valence-electron chi connectivity index (χ0n) is 15.2. The second kappa shape index (κ2) is 7.84. The van der Waals surface area contributed by atoms with Crippen molar-refractivity contribution in [3.05, 3.63) is 59.8 Å². The summed E-state index contributed by atoms with van der Waals surface area (Å²) in [5.74, 6) is -3.24. The van der Waals surface area contributed by atoms with Crippen LogP contribution in [0.1, 0.15) is 28.6 Å². The lowest BCUT2D eigenvalue weighted by atomic mass is 9.88. The fourth-order valence-electron chi connectivity index (χ4n) is 3.36. The van der Waals surface area contributed by atoms with E-state index in [0.717, 1.165) is 18.7 Å². The van der Waals surface area contributed by atoms with Gasteiger partial charge in [0.25, 0.3) is 5.91 Å². The molecular weight excluding hydrogens is 351 g/mol. The summed E-state index contributed by atoms with van der Waals surface area (Å²) in [5, 5.41) is 0. The maximum atomic E-state index is 13.2. The van der Waals surface area contributed by atoms with Crippen LogP contribution in [-0.2, 0) is 9.59 Å². The van der Waals surface area contributed by atoms with Crippen molar-refractivity contribution in [2.45, 2.75) is 12.5 Å². The number of ketones is 2. The van der Waals surface area contributed by atoms with Gasteiger partial charge in [-0.25, -0.2) is 4.39 Å². The van der Waals surface area contributed by atoms with Crippen LogP contribution < -0.4 is 0 Å². The molecule has 1 aliphatic heterocycles. The van der Waals surface area contributed by atoms with Gasteiger partial charge in [0.1, 0.15) is 23.5 Å². The molecule has 0 bridgehead atoms. The van der Waals surface area contributed by atoms with Gasteiger partial charge in [0.15, 0.2) is 5.78 Å². The highest BCUT2D eigenvalue weighted by Crippen LogP contribution is 2.38. The van der Waals surface area contributed by atoms with E-state index in [9.17, 15) is 18.8 Å². The number of furan rings is 1. The van der Waals surface area contributed by atoms with E-state index in [1.165, 1.54) is 23.3 Å². The van der Waals surface area contributed by atoms with E-state index < -0.39 is 35.3 Å². The van der Waals surface area contributed by atoms with Gasteiger partial charge in [-0.15, -0.1) is 0 Å². The van der Waals surface area contributed by atoms with Gasteiger partial charge < -0.3 is 14.2 Å². The molecule has 1 amide bonds. The van der Waals surface area contributed by atoms with Crippen molar-refractivity contribution in [3.8, 4) is 0 Å². The molecule has 0 saturated carbocycles. The van der Waals surface area contributed by atoms with Crippen molar-refractivity contribution < 1.29 is 23.2 Å². The number of carbonyl (C=O) groups is 3. The first-order chi connectivity index (χ1) is 12.9. The highest BCUT2D eigenvalue weighted by Gasteiger charge is 2.52. The van der Waals surface area contributed by atoms with Gasteiger partial charge in [-0.05, 0) is 63.5 Å². The smallest absolute Gasteiger partial charge is 0.291 e. The molecule has 1 fully saturated rings. The summed E-state index contributed by atoms with van der Waals surface area (Å²) in [6.45, 7) is 1.07. The van der Waals surface area contributed by atoms with Crippen LogP contribution in [0.2, 0.25) is 0 Å². The standard InChI is InChI=1S/C20H21FN2O4/c1-22(2)10-4-11-23-17(15-5-3-12-27-15)16(19(25)20(23)26)18(24)13-6-8-14(21)9-7-13/h3,5-9,12,16-17H,4,10-11H2,1-2H3. The van der Waals surface area contributed by atoms with Crippen LogP contribution in [-0.4, -0.2) is 54.5 Å². The number of hydrogen-bond acceptors (Lipinski definition) is 5. The van der Waals surface area contributed by atoms with E-state index in [-0.39, 0.29) is 5.56 Å². The zero-order chi connectivity index (χ0) is 19.6. The molecule has 1 saturated heterocycles. The summed E-state index contributed by atoms with van der Waals surface area (Å²) in [4.78, 5) is 41.6. The zero-order valence-corrected chi connectivity index (χ0v) is 15.2. The number of nitrogens with zero attached hydrogens (tertiary/aromatic N) is 2. The first-order valence-electron chi connectivity index (χ1n) is 8.73. The molecule has 27 heavy (non-hydrogen) atoms. The summed E-state index contributed by atoms with van der Waals surface area (Å²) < 4.78 is 18.6. The van der Waals surface area contributed by atoms with Crippen LogP contribution in [0.4, 0.5) is 4.39 Å². The van der Waals surface area contributed by atoms with E-state index >= 15 is 0 Å². The Balaban J connectivity index is 1.93. The normalized spacial score (nSPS) is 19.9. The van der Waals surface area contributed by atoms with Crippen molar-refractivity contribution in [1.82, 2.24) is 9.80 Å². The summed E-state index contributed by atoms with van der Waals surface area (Å²) in [5.41, 5.74) is 0.189. The fraction of sp³-hybridized carbons (Fsp3) is 0.350. The number of amides is 1. The molecular formula is C20H21FN2O4. The predicted octanol–water partition coefficient (Wildman–Crippen LogP) is 2.32. The third kappa shape index (κ3) is 3.83. The second-order valence-electron chi connectivity index (χ2n) is 6.83. The number of halogens is 1. The molecule has 2 atom stereocenters. The molecule has 0 radical (unpaired) electrons. The van der Waals surface area contributed by atoms with Crippen LogP contribution >= 0.6 is 0 Å². The third-order valence-corrected chi connectivity index (χ3v) is 4.66. The topological polar surface area (TPSA) is 70.8 Å². The van der Waals surface area contributed by atoms with Crippen LogP contribution in [0, 0.1) is 11.7 Å². The Kier molecular flexibility index (Phi) is 5.51. The van der Waals surface area contributed by atoms with Crippen LogP contribution in [0.15, 0.2) is 47.1 Å². The van der Waals surface area contributed by atoms with Crippen molar-refractivity contribution in [2.24, 2.45) is 5.92 Å². The van der Waals surface area contributed by atoms with Gasteiger partial charge in [-0.1, -0.05) is 0 Å². The van der Waals surface area contributed by atoms with Crippen LogP contribution in [0.25, 0.3) is 0 Å². The predicted molar refractivity (Wildman–Crippen MR) is 95.6 cm³/mol. The molecule has 3 rings (SSSR count). The van der Waals surface area contributed by atoms with Gasteiger partial charge in [-0.3, -0.25) is 14.4 Å². The number of likely N-dealkylation sites (tertiary alicyclic amines) is 1. The van der Waals surface area contributed by atoms with E-state index in [0.29, 0.717) is 18.7 Å². The van der Waals surface area contributed by atoms with E-state index in [1.54, 1.807) is 12.1 Å². The second-order valence-corrected chi connectivity index (χ2v) is 6.83. The summed E-state index contributed by atoms with van der Waals surface area (Å²) in [7, 11) is 3.84. The molecule has 7 heteroatoms. The Bertz CT molecular complexity index is 830. The summed E-state index contributed by atoms with van der Waals surface area (Å²) >= 11 is 0. The fourth-order valence-corrected chi connectivity index (χ4v) is 3.36. The van der Waals surface area contributed by atoms with Gasteiger partial charge in [0.05, 0.1) is 6.26 Å². The van der Waals surface area contributed by atoms with E-state index in [4.69, 9.17) is 4.42 Å². The Labute approximate surface area is 156 Å². The summed E-state index contributed by atoms with van der Waals surface area (Å²) in [6, 6.07) is 7.48. The summed E-state index contributed by atoms with van der Waals surface area (Å²) in [6.07, 6.45) is 2.10. The Hall–Kier alpha value is -2.80. The molecule has 1 aliphatic rings. The lowest BCUT2D eigenvalue weighted by Gasteiger charge is -2.25. The van der Waals surface area contributed by atoms with E-state index in [1.807, 2.05) is 19.0 Å². The lowest BCUT2D eigenvalue weighted by molar-refractivity contribution is -0.140. The monoisotopic (exact) mass is 372 g/mol. The molecule has 0 N–H and O–H groups in total. The van der Waals surface area contributed by atoms with Crippen molar-refractivity contribution >= 4 is 17.5 Å². The van der Waals surface area contributed by atoms with E-state index in [2.05, 4.69) is 0 Å². The molecule has 0 aliphatic carbocycles. The number of Topliss-reactive ketones (excluding diaryl/α,β-unsaturated/α-hetero) is 2. The molecule has 2 aromatic rings. The number of rotatable bonds is 7. The highest BCUT2D eigenvalue weighted by atomic mass is 19.1. The quantitative estimate of drug-likeness (QED) is 0.424. The number of benzene rings is 1. The number of hydrogen-bond donors (Lipinski definition) is 0. The minimum absolute atomic E-state index is 0.189. The average Bonchev–Trinajstić information content (AvgIpc) is 3.24. The molecule has 1 aromatic heterocycles. The molecule has 142 valence electrons. The van der Waals surface area contributed by atoms with Crippen molar-refractivity contribution in [2.75, 3.05) is 27.2 Å². The lowest BCUT2D eigenvalue weighted by Crippen LogP contribution is -2.32. The van der Waals surface area contributed by atoms with Crippen LogP contribution in [0.3, 0.4) is 0 Å². The molecule has 2 heterocycles. The molecule has 0 spiro atoms. The Morgan fingerprint density at radius 2 is 1.89 bits per heavy atom. The van der Waals surface area contributed by atoms with Gasteiger partial charge in [0, 0.05) is 12.1 Å². The maximum Gasteiger partial charge on any atom is 0.291 e. The van der Waals surface area contributed by atoms with Crippen molar-refractivity contribution in [1.29, 1.82) is 0 Å². The molecule has 6 nitrogen and oxygen atoms in total. The number of carbonyl (C=O) groups excluding carboxylic acids is 3. The average molecular weight is 372 g/mol. The van der Waals surface area contributed by atoms with Gasteiger partial charge >= 0.3 is 0 Å². The Morgan fingerprint density at radius 3 is 2.48 bits per heavy atom. The first kappa shape index (κ1) is 19.0. The highest BCUT2D eigenvalue weighted by molar-refractivity contribution is 6.44. The van der Waals surface area contributed by atoms with Gasteiger partial charge in [-0.2, -0.15) is 0 Å². The SMILES string of the molecule is CN(C)CCCN1C(=O)C(=O)C(C(=O)c2ccc(F)cc2)C1c1ccco1. The van der Waals surface area contributed by atoms with Crippen LogP contribution in [0.5, 0.6) is 0 Å². The van der Waals surface area contributed by atoms with Gasteiger partial charge in [0.2, 0.25) is 5.78 Å². The Morgan fingerprint density at radius 1 is 1.19 bits per heavy atom. The molecule has 1 aromatic carbocycles. The molecule has 2 unspecified atom stereocenters.